The minimum absolute atomic E-state index is 0.0726. The fourth-order valence-electron chi connectivity index (χ4n) is 3.47. The molecule has 0 fully saturated rings. The second-order valence-corrected chi connectivity index (χ2v) is 8.01. The summed E-state index contributed by atoms with van der Waals surface area (Å²) >= 11 is 3.36. The molecule has 0 aliphatic rings. The van der Waals surface area contributed by atoms with E-state index in [0.29, 0.717) is 34.3 Å². The summed E-state index contributed by atoms with van der Waals surface area (Å²) in [4.78, 5) is 25.7. The molecule has 1 N–H and O–H groups in total. The zero-order valence-corrected chi connectivity index (χ0v) is 18.8. The first-order chi connectivity index (χ1) is 14.4. The van der Waals surface area contributed by atoms with E-state index in [4.69, 9.17) is 4.74 Å². The molecule has 0 saturated heterocycles. The average molecular weight is 475 g/mol. The highest BCUT2D eigenvalue weighted by atomic mass is 79.9. The van der Waals surface area contributed by atoms with Crippen LogP contribution in [0.5, 0.6) is 5.75 Å². The number of nitrogens with zero attached hydrogens (tertiary/aromatic N) is 1. The lowest BCUT2D eigenvalue weighted by Gasteiger charge is -2.08. The SMILES string of the molecule is CCCCNC(=O)Cc1c(C)n(C(=O)c2ccc(Br)cc2)c2cc(F)c(OC)cc12. The Morgan fingerprint density at radius 2 is 1.90 bits per heavy atom. The van der Waals surface area contributed by atoms with Crippen molar-refractivity contribution in [1.29, 1.82) is 0 Å². The minimum Gasteiger partial charge on any atom is -0.494 e. The van der Waals surface area contributed by atoms with Gasteiger partial charge in [0.1, 0.15) is 0 Å². The van der Waals surface area contributed by atoms with Crippen molar-refractivity contribution in [3.8, 4) is 5.75 Å². The lowest BCUT2D eigenvalue weighted by atomic mass is 10.1. The van der Waals surface area contributed by atoms with Gasteiger partial charge in [-0.3, -0.25) is 14.2 Å². The molecule has 158 valence electrons. The number of benzene rings is 2. The van der Waals surface area contributed by atoms with E-state index in [0.717, 1.165) is 17.3 Å². The van der Waals surface area contributed by atoms with Crippen molar-refractivity contribution in [2.24, 2.45) is 0 Å². The Kier molecular flexibility index (Phi) is 6.92. The van der Waals surface area contributed by atoms with Crippen molar-refractivity contribution >= 4 is 38.6 Å². The van der Waals surface area contributed by atoms with Crippen LogP contribution in [0.1, 0.15) is 41.4 Å². The van der Waals surface area contributed by atoms with E-state index in [1.54, 1.807) is 37.3 Å². The molecule has 5 nitrogen and oxygen atoms in total. The maximum absolute atomic E-state index is 14.5. The Morgan fingerprint density at radius 1 is 1.20 bits per heavy atom. The smallest absolute Gasteiger partial charge is 0.262 e. The highest BCUT2D eigenvalue weighted by Crippen LogP contribution is 2.32. The highest BCUT2D eigenvalue weighted by Gasteiger charge is 2.23. The van der Waals surface area contributed by atoms with Crippen molar-refractivity contribution < 1.29 is 18.7 Å². The van der Waals surface area contributed by atoms with Crippen molar-refractivity contribution in [2.75, 3.05) is 13.7 Å². The zero-order valence-electron chi connectivity index (χ0n) is 17.2. The van der Waals surface area contributed by atoms with E-state index < -0.39 is 5.82 Å². The zero-order chi connectivity index (χ0) is 21.8. The fourth-order valence-corrected chi connectivity index (χ4v) is 3.73. The number of unbranched alkanes of at least 4 members (excludes halogenated alkanes) is 1. The maximum Gasteiger partial charge on any atom is 0.262 e. The van der Waals surface area contributed by atoms with Gasteiger partial charge in [0.25, 0.3) is 5.91 Å². The first-order valence-electron chi connectivity index (χ1n) is 9.81. The Balaban J connectivity index is 2.11. The van der Waals surface area contributed by atoms with Gasteiger partial charge in [-0.05, 0) is 49.2 Å². The monoisotopic (exact) mass is 474 g/mol. The van der Waals surface area contributed by atoms with E-state index in [-0.39, 0.29) is 24.0 Å². The van der Waals surface area contributed by atoms with Crippen LogP contribution in [0.15, 0.2) is 40.9 Å². The number of hydrogen-bond donors (Lipinski definition) is 1. The van der Waals surface area contributed by atoms with Crippen LogP contribution in [-0.4, -0.2) is 30.0 Å². The number of fused-ring (bicyclic) bond motifs is 1. The minimum atomic E-state index is -0.564. The summed E-state index contributed by atoms with van der Waals surface area (Å²) in [5.74, 6) is -0.910. The van der Waals surface area contributed by atoms with Gasteiger partial charge in [0.2, 0.25) is 5.91 Å². The van der Waals surface area contributed by atoms with E-state index in [1.807, 2.05) is 0 Å². The Hall–Kier alpha value is -2.67. The molecule has 3 rings (SSSR count). The molecule has 0 aliphatic heterocycles. The third-order valence-corrected chi connectivity index (χ3v) is 5.62. The number of ether oxygens (including phenoxy) is 1. The van der Waals surface area contributed by atoms with Crippen molar-refractivity contribution in [3.05, 3.63) is 63.5 Å². The second kappa shape index (κ2) is 9.43. The Bertz CT molecular complexity index is 1090. The van der Waals surface area contributed by atoms with Gasteiger partial charge in [0.05, 0.1) is 19.0 Å². The van der Waals surface area contributed by atoms with Crippen molar-refractivity contribution in [3.63, 3.8) is 0 Å². The summed E-state index contributed by atoms with van der Waals surface area (Å²) < 4.78 is 21.9. The molecule has 0 spiro atoms. The number of halogens is 2. The van der Waals surface area contributed by atoms with Crippen LogP contribution in [0.2, 0.25) is 0 Å². The van der Waals surface area contributed by atoms with Crippen LogP contribution in [0.3, 0.4) is 0 Å². The second-order valence-electron chi connectivity index (χ2n) is 7.10. The molecule has 1 heterocycles. The Morgan fingerprint density at radius 3 is 2.53 bits per heavy atom. The summed E-state index contributed by atoms with van der Waals surface area (Å²) in [6, 6.07) is 9.80. The molecule has 2 aromatic carbocycles. The molecule has 0 atom stereocenters. The molecular formula is C23H24BrFN2O3. The number of aromatic nitrogens is 1. The predicted molar refractivity (Wildman–Crippen MR) is 119 cm³/mol. The molecule has 3 aromatic rings. The average Bonchev–Trinajstić information content (AvgIpc) is 2.98. The molecule has 7 heteroatoms. The first-order valence-corrected chi connectivity index (χ1v) is 10.6. The number of hydrogen-bond acceptors (Lipinski definition) is 3. The third kappa shape index (κ3) is 4.41. The molecule has 1 aromatic heterocycles. The summed E-state index contributed by atoms with van der Waals surface area (Å²) in [6.45, 7) is 4.43. The number of methoxy groups -OCH3 is 1. The van der Waals surface area contributed by atoms with Crippen LogP contribution < -0.4 is 10.1 Å². The van der Waals surface area contributed by atoms with Crippen molar-refractivity contribution in [1.82, 2.24) is 9.88 Å². The molecule has 0 bridgehead atoms. The van der Waals surface area contributed by atoms with Crippen molar-refractivity contribution in [2.45, 2.75) is 33.1 Å². The van der Waals surface area contributed by atoms with Crippen LogP contribution in [0.4, 0.5) is 4.39 Å². The largest absolute Gasteiger partial charge is 0.494 e. The Labute approximate surface area is 183 Å². The number of rotatable bonds is 7. The molecule has 1 amide bonds. The number of carbonyl (C=O) groups excluding carboxylic acids is 2. The quantitative estimate of drug-likeness (QED) is 0.489. The van der Waals surface area contributed by atoms with Gasteiger partial charge in [-0.15, -0.1) is 0 Å². The summed E-state index contributed by atoms with van der Waals surface area (Å²) in [7, 11) is 1.39. The molecule has 0 saturated carbocycles. The van der Waals surface area contributed by atoms with Gasteiger partial charge in [-0.25, -0.2) is 4.39 Å². The normalized spacial score (nSPS) is 11.0. The molecule has 0 radical (unpaired) electrons. The van der Waals surface area contributed by atoms with Crippen LogP contribution in [0, 0.1) is 12.7 Å². The van der Waals surface area contributed by atoms with Crippen LogP contribution in [-0.2, 0) is 11.2 Å². The van der Waals surface area contributed by atoms with Gasteiger partial charge in [-0.2, -0.15) is 0 Å². The van der Waals surface area contributed by atoms with E-state index in [2.05, 4.69) is 28.2 Å². The van der Waals surface area contributed by atoms with E-state index in [9.17, 15) is 14.0 Å². The van der Waals surface area contributed by atoms with Gasteiger partial charge >= 0.3 is 0 Å². The lowest BCUT2D eigenvalue weighted by Crippen LogP contribution is -2.26. The van der Waals surface area contributed by atoms with Gasteiger partial charge < -0.3 is 10.1 Å². The molecular weight excluding hydrogens is 451 g/mol. The predicted octanol–water partition coefficient (Wildman–Crippen LogP) is 5.01. The number of nitrogens with one attached hydrogen (secondary N) is 1. The van der Waals surface area contributed by atoms with Crippen LogP contribution in [0.25, 0.3) is 10.9 Å². The fraction of sp³-hybridized carbons (Fsp3) is 0.304. The van der Waals surface area contributed by atoms with E-state index >= 15 is 0 Å². The maximum atomic E-state index is 14.5. The summed E-state index contributed by atoms with van der Waals surface area (Å²) in [5, 5.41) is 3.52. The van der Waals surface area contributed by atoms with Gasteiger partial charge in [-0.1, -0.05) is 29.3 Å². The summed E-state index contributed by atoms with van der Waals surface area (Å²) in [5.41, 5.74) is 2.17. The van der Waals surface area contributed by atoms with E-state index in [1.165, 1.54) is 17.7 Å². The highest BCUT2D eigenvalue weighted by molar-refractivity contribution is 9.10. The lowest BCUT2D eigenvalue weighted by molar-refractivity contribution is -0.120. The van der Waals surface area contributed by atoms with Gasteiger partial charge in [0.15, 0.2) is 11.6 Å². The molecule has 0 aliphatic carbocycles. The summed E-state index contributed by atoms with van der Waals surface area (Å²) in [6.07, 6.45) is 1.98. The van der Waals surface area contributed by atoms with Gasteiger partial charge in [0, 0.05) is 33.7 Å². The first kappa shape index (κ1) is 22.0. The van der Waals surface area contributed by atoms with Crippen LogP contribution >= 0.6 is 15.9 Å². The molecule has 0 unspecified atom stereocenters. The third-order valence-electron chi connectivity index (χ3n) is 5.09. The molecule has 30 heavy (non-hydrogen) atoms. The topological polar surface area (TPSA) is 60.3 Å². The standard InChI is InChI=1S/C23H24BrFN2O3/c1-4-5-10-26-22(28)12-17-14(2)27(23(29)15-6-8-16(24)9-7-15)20-13-19(25)21(30-3)11-18(17)20/h6-9,11,13H,4-5,10,12H2,1-3H3,(H,26,28). The number of amides is 1. The number of carbonyl (C=O) groups is 2.